The van der Waals surface area contributed by atoms with Crippen LogP contribution >= 0.6 is 0 Å². The maximum atomic E-state index is 12.2. The summed E-state index contributed by atoms with van der Waals surface area (Å²) in [5.41, 5.74) is -1.03. The Morgan fingerprint density at radius 1 is 1.15 bits per heavy atom. The van der Waals surface area contributed by atoms with Crippen LogP contribution < -0.4 is 14.8 Å². The van der Waals surface area contributed by atoms with Crippen LogP contribution in [0.4, 0.5) is 18.9 Å². The number of rotatable bonds is 2. The fraction of sp³-hybridized carbons (Fsp3) is 0.273. The molecule has 0 atom stereocenters. The van der Waals surface area contributed by atoms with Gasteiger partial charge in [0.15, 0.2) is 11.5 Å². The van der Waals surface area contributed by atoms with Gasteiger partial charge in [0.05, 0.1) is 11.3 Å². The van der Waals surface area contributed by atoms with E-state index in [4.69, 9.17) is 14.6 Å². The van der Waals surface area contributed by atoms with Gasteiger partial charge in [-0.2, -0.15) is 13.2 Å². The number of carboxylic acid groups (broad SMARTS) is 1. The average Bonchev–Trinajstić information content (AvgIpc) is 2.36. The first-order valence-electron chi connectivity index (χ1n) is 5.34. The van der Waals surface area contributed by atoms with Gasteiger partial charge in [-0.1, -0.05) is 0 Å². The third-order valence-electron chi connectivity index (χ3n) is 2.42. The molecule has 0 bridgehead atoms. The van der Waals surface area contributed by atoms with E-state index in [9.17, 15) is 22.8 Å². The Morgan fingerprint density at radius 3 is 2.20 bits per heavy atom. The summed E-state index contributed by atoms with van der Waals surface area (Å²) >= 11 is 0. The molecule has 0 saturated carbocycles. The third-order valence-corrected chi connectivity index (χ3v) is 2.42. The highest BCUT2D eigenvalue weighted by molar-refractivity contribution is 6.03. The molecule has 0 aromatic heterocycles. The molecule has 108 valence electrons. The van der Waals surface area contributed by atoms with E-state index >= 15 is 0 Å². The van der Waals surface area contributed by atoms with Gasteiger partial charge in [-0.3, -0.25) is 4.79 Å². The van der Waals surface area contributed by atoms with Crippen molar-refractivity contribution in [2.75, 3.05) is 18.5 Å². The van der Waals surface area contributed by atoms with Gasteiger partial charge in [-0.25, -0.2) is 4.79 Å². The summed E-state index contributed by atoms with van der Waals surface area (Å²) < 4.78 is 46.8. The second-order valence-corrected chi connectivity index (χ2v) is 3.80. The zero-order chi connectivity index (χ0) is 14.9. The molecule has 20 heavy (non-hydrogen) atoms. The summed E-state index contributed by atoms with van der Waals surface area (Å²) in [5.74, 6) is -3.60. The first-order chi connectivity index (χ1) is 9.29. The number of halogens is 3. The first-order valence-corrected chi connectivity index (χ1v) is 5.34. The molecule has 1 heterocycles. The van der Waals surface area contributed by atoms with Crippen LogP contribution in [0.15, 0.2) is 12.1 Å². The first kappa shape index (κ1) is 14.0. The molecule has 0 saturated heterocycles. The molecule has 1 amide bonds. The number of nitrogens with one attached hydrogen (secondary N) is 1. The summed E-state index contributed by atoms with van der Waals surface area (Å²) in [7, 11) is 0. The fourth-order valence-electron chi connectivity index (χ4n) is 1.56. The van der Waals surface area contributed by atoms with Gasteiger partial charge in [-0.15, -0.1) is 0 Å². The van der Waals surface area contributed by atoms with Crippen LogP contribution in [-0.2, 0) is 4.79 Å². The predicted molar refractivity (Wildman–Crippen MR) is 59.1 cm³/mol. The number of aromatic carboxylic acids is 1. The standard InChI is InChI=1S/C11H8F3NO5/c12-11(13,14)10(18)15-6-4-8-7(19-1-2-20-8)3-5(6)9(16)17/h3-4H,1-2H2,(H,15,18)(H,16,17). The second kappa shape index (κ2) is 4.91. The van der Waals surface area contributed by atoms with Crippen molar-refractivity contribution in [3.8, 4) is 11.5 Å². The molecule has 6 nitrogen and oxygen atoms in total. The average molecular weight is 291 g/mol. The number of amides is 1. The van der Waals surface area contributed by atoms with Gasteiger partial charge >= 0.3 is 18.1 Å². The highest BCUT2D eigenvalue weighted by atomic mass is 19.4. The van der Waals surface area contributed by atoms with Crippen LogP contribution in [0.5, 0.6) is 11.5 Å². The van der Waals surface area contributed by atoms with Gasteiger partial charge in [0.1, 0.15) is 13.2 Å². The zero-order valence-electron chi connectivity index (χ0n) is 9.78. The number of carboxylic acids is 1. The van der Waals surface area contributed by atoms with E-state index in [1.54, 1.807) is 0 Å². The van der Waals surface area contributed by atoms with Crippen LogP contribution in [0.1, 0.15) is 10.4 Å². The number of benzene rings is 1. The van der Waals surface area contributed by atoms with Crippen LogP contribution in [0, 0.1) is 0 Å². The highest BCUT2D eigenvalue weighted by Crippen LogP contribution is 2.36. The smallest absolute Gasteiger partial charge is 0.471 e. The molecule has 0 aliphatic carbocycles. The highest BCUT2D eigenvalue weighted by Gasteiger charge is 2.39. The number of ether oxygens (including phenoxy) is 2. The third kappa shape index (κ3) is 2.76. The molecule has 0 spiro atoms. The minimum atomic E-state index is -5.12. The number of alkyl halides is 3. The molecule has 9 heteroatoms. The van der Waals surface area contributed by atoms with Crippen LogP contribution in [0.3, 0.4) is 0 Å². The maximum absolute atomic E-state index is 12.2. The molecule has 2 N–H and O–H groups in total. The van der Waals surface area contributed by atoms with E-state index in [2.05, 4.69) is 0 Å². The quantitative estimate of drug-likeness (QED) is 0.865. The topological polar surface area (TPSA) is 84.9 Å². The van der Waals surface area contributed by atoms with Gasteiger partial charge in [0.2, 0.25) is 0 Å². The number of hydrogen-bond acceptors (Lipinski definition) is 4. The Labute approximate surface area is 110 Å². The fourth-order valence-corrected chi connectivity index (χ4v) is 1.56. The summed E-state index contributed by atoms with van der Waals surface area (Å²) in [4.78, 5) is 21.9. The summed E-state index contributed by atoms with van der Waals surface area (Å²) in [6.45, 7) is 0.367. The zero-order valence-corrected chi connectivity index (χ0v) is 9.78. The number of carbonyl (C=O) groups is 2. The van der Waals surface area contributed by atoms with Crippen molar-refractivity contribution >= 4 is 17.6 Å². The normalized spacial score (nSPS) is 13.8. The van der Waals surface area contributed by atoms with Crippen molar-refractivity contribution in [3.63, 3.8) is 0 Å². The minimum Gasteiger partial charge on any atom is -0.486 e. The lowest BCUT2D eigenvalue weighted by Crippen LogP contribution is -2.30. The van der Waals surface area contributed by atoms with Gasteiger partial charge in [-0.05, 0) is 0 Å². The lowest BCUT2D eigenvalue weighted by Gasteiger charge is -2.20. The lowest BCUT2D eigenvalue weighted by molar-refractivity contribution is -0.167. The van der Waals surface area contributed by atoms with E-state index in [1.807, 2.05) is 0 Å². The molecule has 0 radical (unpaired) electrons. The number of fused-ring (bicyclic) bond motifs is 1. The maximum Gasteiger partial charge on any atom is 0.471 e. The number of hydrogen-bond donors (Lipinski definition) is 2. The minimum absolute atomic E-state index is 0.0683. The summed E-state index contributed by atoms with van der Waals surface area (Å²) in [6, 6.07) is 1.99. The predicted octanol–water partition coefficient (Wildman–Crippen LogP) is 1.66. The molecule has 1 aliphatic heterocycles. The van der Waals surface area contributed by atoms with Gasteiger partial charge in [0.25, 0.3) is 0 Å². The summed E-state index contributed by atoms with van der Waals surface area (Å²) in [5, 5.41) is 10.5. The SMILES string of the molecule is O=C(O)c1cc2c(cc1NC(=O)C(F)(F)F)OCCO2. The van der Waals surface area contributed by atoms with E-state index in [1.165, 1.54) is 5.32 Å². The molecule has 1 aromatic rings. The van der Waals surface area contributed by atoms with Crippen LogP contribution in [0.25, 0.3) is 0 Å². The molecule has 1 aromatic carbocycles. The molecular formula is C11H8F3NO5. The van der Waals surface area contributed by atoms with E-state index in [-0.39, 0.29) is 24.7 Å². The van der Waals surface area contributed by atoms with Crippen molar-refractivity contribution in [2.24, 2.45) is 0 Å². The van der Waals surface area contributed by atoms with Crippen molar-refractivity contribution in [3.05, 3.63) is 17.7 Å². The van der Waals surface area contributed by atoms with Crippen molar-refractivity contribution < 1.29 is 37.3 Å². The van der Waals surface area contributed by atoms with Crippen LogP contribution in [-0.4, -0.2) is 36.4 Å². The van der Waals surface area contributed by atoms with Gasteiger partial charge in [0, 0.05) is 12.1 Å². The Kier molecular flexibility index (Phi) is 3.43. The summed E-state index contributed by atoms with van der Waals surface area (Å²) in [6.07, 6.45) is -5.12. The Morgan fingerprint density at radius 2 is 1.70 bits per heavy atom. The van der Waals surface area contributed by atoms with E-state index < -0.39 is 29.3 Å². The Hall–Kier alpha value is -2.45. The van der Waals surface area contributed by atoms with Crippen molar-refractivity contribution in [2.45, 2.75) is 6.18 Å². The molecule has 2 rings (SSSR count). The van der Waals surface area contributed by atoms with E-state index in [0.29, 0.717) is 0 Å². The van der Waals surface area contributed by atoms with Crippen molar-refractivity contribution in [1.29, 1.82) is 0 Å². The van der Waals surface area contributed by atoms with E-state index in [0.717, 1.165) is 12.1 Å². The Bertz CT molecular complexity index is 570. The number of anilines is 1. The number of carbonyl (C=O) groups excluding carboxylic acids is 1. The molecule has 1 aliphatic rings. The van der Waals surface area contributed by atoms with Crippen molar-refractivity contribution in [1.82, 2.24) is 0 Å². The Balaban J connectivity index is 2.40. The molecule has 0 unspecified atom stereocenters. The lowest BCUT2D eigenvalue weighted by atomic mass is 10.1. The largest absolute Gasteiger partial charge is 0.486 e. The monoisotopic (exact) mass is 291 g/mol. The molecule has 0 fully saturated rings. The van der Waals surface area contributed by atoms with Crippen LogP contribution in [0.2, 0.25) is 0 Å². The second-order valence-electron chi connectivity index (χ2n) is 3.80. The molecular weight excluding hydrogens is 283 g/mol. The van der Waals surface area contributed by atoms with Gasteiger partial charge < -0.3 is 19.9 Å².